The summed E-state index contributed by atoms with van der Waals surface area (Å²) in [5.41, 5.74) is 2.10. The summed E-state index contributed by atoms with van der Waals surface area (Å²) in [6, 6.07) is 14.4. The maximum Gasteiger partial charge on any atom is 0.185 e. The number of sulfone groups is 1. The first-order valence-electron chi connectivity index (χ1n) is 9.78. The van der Waals surface area contributed by atoms with E-state index in [1.165, 1.54) is 0 Å². The average Bonchev–Trinajstić information content (AvgIpc) is 3.23. The Hall–Kier alpha value is -2.09. The number of benzene rings is 2. The zero-order valence-electron chi connectivity index (χ0n) is 16.6. The number of hydrogen-bond acceptors (Lipinski definition) is 6. The molecular formula is C22H23ClN2O3S2. The fourth-order valence-electron chi connectivity index (χ4n) is 3.74. The van der Waals surface area contributed by atoms with Crippen LogP contribution in [-0.2, 0) is 16.3 Å². The number of methoxy groups -OCH3 is 1. The number of anilines is 1. The molecule has 2 aromatic carbocycles. The number of nitrogens with zero attached hydrogens (tertiary/aromatic N) is 2. The summed E-state index contributed by atoms with van der Waals surface area (Å²) in [5, 5.41) is 3.18. The first-order valence-corrected chi connectivity index (χ1v) is 12.6. The summed E-state index contributed by atoms with van der Waals surface area (Å²) in [4.78, 5) is 7.32. The molecule has 0 saturated carbocycles. The molecule has 0 unspecified atom stereocenters. The molecule has 3 aromatic rings. The van der Waals surface area contributed by atoms with Gasteiger partial charge < -0.3 is 9.64 Å². The van der Waals surface area contributed by atoms with Crippen LogP contribution in [0, 0.1) is 0 Å². The number of ether oxygens (including phenoxy) is 1. The Balaban J connectivity index is 1.40. The van der Waals surface area contributed by atoms with Crippen molar-refractivity contribution in [3.05, 3.63) is 70.2 Å². The minimum absolute atomic E-state index is 0.346. The van der Waals surface area contributed by atoms with E-state index < -0.39 is 9.84 Å². The van der Waals surface area contributed by atoms with E-state index in [9.17, 15) is 8.42 Å². The SMILES string of the molecule is COc1ccccc1Cc1csc(N2CCC(S(=O)(=O)c3ccc(Cl)cc3)CC2)n1. The number of rotatable bonds is 6. The largest absolute Gasteiger partial charge is 0.496 e. The van der Waals surface area contributed by atoms with Crippen LogP contribution < -0.4 is 9.64 Å². The Bertz CT molecular complexity index is 1110. The van der Waals surface area contributed by atoms with Crippen molar-refractivity contribution in [2.24, 2.45) is 0 Å². The van der Waals surface area contributed by atoms with Crippen LogP contribution in [0.1, 0.15) is 24.1 Å². The van der Waals surface area contributed by atoms with Crippen molar-refractivity contribution in [2.75, 3.05) is 25.1 Å². The lowest BCUT2D eigenvalue weighted by Crippen LogP contribution is -2.39. The lowest BCUT2D eigenvalue weighted by atomic mass is 10.1. The Kier molecular flexibility index (Phi) is 6.32. The summed E-state index contributed by atoms with van der Waals surface area (Å²) >= 11 is 7.50. The van der Waals surface area contributed by atoms with Crippen molar-refractivity contribution in [2.45, 2.75) is 29.4 Å². The predicted molar refractivity (Wildman–Crippen MR) is 122 cm³/mol. The van der Waals surface area contributed by atoms with Gasteiger partial charge in [-0.25, -0.2) is 13.4 Å². The predicted octanol–water partition coefficient (Wildman–Crippen LogP) is 4.84. The molecule has 1 saturated heterocycles. The maximum atomic E-state index is 12.9. The van der Waals surface area contributed by atoms with Crippen LogP contribution in [-0.4, -0.2) is 38.9 Å². The molecule has 30 heavy (non-hydrogen) atoms. The second kappa shape index (κ2) is 8.96. The van der Waals surface area contributed by atoms with E-state index in [2.05, 4.69) is 10.3 Å². The summed E-state index contributed by atoms with van der Waals surface area (Å²) < 4.78 is 31.3. The number of hydrogen-bond donors (Lipinski definition) is 0. The van der Waals surface area contributed by atoms with E-state index in [-0.39, 0.29) is 5.25 Å². The van der Waals surface area contributed by atoms with Crippen molar-refractivity contribution in [1.82, 2.24) is 4.98 Å². The van der Waals surface area contributed by atoms with Crippen molar-refractivity contribution in [3.8, 4) is 5.75 Å². The highest BCUT2D eigenvalue weighted by Crippen LogP contribution is 2.30. The number of piperidine rings is 1. The van der Waals surface area contributed by atoms with Crippen LogP contribution in [0.3, 0.4) is 0 Å². The minimum atomic E-state index is -3.34. The third kappa shape index (κ3) is 4.48. The molecular weight excluding hydrogens is 440 g/mol. The van der Waals surface area contributed by atoms with Crippen LogP contribution in [0.2, 0.25) is 5.02 Å². The normalized spacial score (nSPS) is 15.3. The third-order valence-corrected chi connectivity index (χ3v) is 8.88. The molecule has 0 bridgehead atoms. The summed E-state index contributed by atoms with van der Waals surface area (Å²) in [6.07, 6.45) is 1.89. The van der Waals surface area contributed by atoms with Gasteiger partial charge in [0.2, 0.25) is 0 Å². The van der Waals surface area contributed by atoms with Gasteiger partial charge in [0, 0.05) is 35.5 Å². The lowest BCUT2D eigenvalue weighted by molar-refractivity contribution is 0.410. The third-order valence-electron chi connectivity index (χ3n) is 5.40. The van der Waals surface area contributed by atoms with Crippen LogP contribution >= 0.6 is 22.9 Å². The zero-order chi connectivity index (χ0) is 21.1. The Labute approximate surface area is 186 Å². The van der Waals surface area contributed by atoms with Crippen LogP contribution in [0.4, 0.5) is 5.13 Å². The molecule has 0 N–H and O–H groups in total. The van der Waals surface area contributed by atoms with Gasteiger partial charge in [-0.15, -0.1) is 11.3 Å². The summed E-state index contributed by atoms with van der Waals surface area (Å²) in [6.45, 7) is 1.36. The summed E-state index contributed by atoms with van der Waals surface area (Å²) in [5.74, 6) is 0.861. The fourth-order valence-corrected chi connectivity index (χ4v) is 6.48. The topological polar surface area (TPSA) is 59.5 Å². The molecule has 158 valence electrons. The quantitative estimate of drug-likeness (QED) is 0.524. The van der Waals surface area contributed by atoms with Crippen molar-refractivity contribution in [3.63, 3.8) is 0 Å². The molecule has 5 nitrogen and oxygen atoms in total. The first-order chi connectivity index (χ1) is 14.5. The van der Waals surface area contributed by atoms with Gasteiger partial charge in [0.25, 0.3) is 0 Å². The number of para-hydroxylation sites is 1. The van der Waals surface area contributed by atoms with Gasteiger partial charge in [-0.2, -0.15) is 0 Å². The van der Waals surface area contributed by atoms with E-state index in [1.54, 1.807) is 42.7 Å². The number of thiazole rings is 1. The van der Waals surface area contributed by atoms with Crippen molar-refractivity contribution in [1.29, 1.82) is 0 Å². The molecule has 1 aliphatic rings. The second-order valence-electron chi connectivity index (χ2n) is 7.30. The van der Waals surface area contributed by atoms with Crippen LogP contribution in [0.25, 0.3) is 0 Å². The van der Waals surface area contributed by atoms with Crippen molar-refractivity contribution >= 4 is 37.9 Å². The first kappa shape index (κ1) is 21.2. The Morgan fingerprint density at radius 2 is 1.83 bits per heavy atom. The molecule has 0 aliphatic carbocycles. The summed E-state index contributed by atoms with van der Waals surface area (Å²) in [7, 11) is -1.67. The molecule has 1 aliphatic heterocycles. The Morgan fingerprint density at radius 3 is 2.53 bits per heavy atom. The highest BCUT2D eigenvalue weighted by molar-refractivity contribution is 7.92. The lowest BCUT2D eigenvalue weighted by Gasteiger charge is -2.31. The standard InChI is InChI=1S/C22H23ClN2O3S2/c1-28-21-5-3-2-4-16(21)14-18-15-29-22(24-18)25-12-10-20(11-13-25)30(26,27)19-8-6-17(23)7-9-19/h2-9,15,20H,10-14H2,1H3. The van der Waals surface area contributed by atoms with E-state index >= 15 is 0 Å². The van der Waals surface area contributed by atoms with Gasteiger partial charge in [-0.05, 0) is 43.2 Å². The van der Waals surface area contributed by atoms with E-state index in [0.717, 1.165) is 22.1 Å². The van der Waals surface area contributed by atoms with E-state index in [4.69, 9.17) is 21.3 Å². The zero-order valence-corrected chi connectivity index (χ0v) is 19.0. The second-order valence-corrected chi connectivity index (χ2v) is 10.8. The molecule has 2 heterocycles. The molecule has 1 fully saturated rings. The van der Waals surface area contributed by atoms with Crippen LogP contribution in [0.15, 0.2) is 58.8 Å². The van der Waals surface area contributed by atoms with E-state index in [1.807, 2.05) is 24.3 Å². The molecule has 0 amide bonds. The molecule has 0 atom stereocenters. The minimum Gasteiger partial charge on any atom is -0.496 e. The smallest absolute Gasteiger partial charge is 0.185 e. The molecule has 0 radical (unpaired) electrons. The van der Waals surface area contributed by atoms with E-state index in [0.29, 0.717) is 42.3 Å². The highest BCUT2D eigenvalue weighted by Gasteiger charge is 2.32. The van der Waals surface area contributed by atoms with Crippen LogP contribution in [0.5, 0.6) is 5.75 Å². The van der Waals surface area contributed by atoms with Gasteiger partial charge in [0.05, 0.1) is 22.9 Å². The van der Waals surface area contributed by atoms with Gasteiger partial charge in [0.1, 0.15) is 5.75 Å². The van der Waals surface area contributed by atoms with Gasteiger partial charge in [-0.3, -0.25) is 0 Å². The molecule has 8 heteroatoms. The average molecular weight is 463 g/mol. The van der Waals surface area contributed by atoms with Gasteiger partial charge >= 0.3 is 0 Å². The van der Waals surface area contributed by atoms with Gasteiger partial charge in [-0.1, -0.05) is 29.8 Å². The molecule has 1 aromatic heterocycles. The van der Waals surface area contributed by atoms with Crippen molar-refractivity contribution < 1.29 is 13.2 Å². The molecule has 0 spiro atoms. The van der Waals surface area contributed by atoms with Gasteiger partial charge in [0.15, 0.2) is 15.0 Å². The molecule has 4 rings (SSSR count). The number of halogens is 1. The monoisotopic (exact) mass is 462 g/mol. The maximum absolute atomic E-state index is 12.9. The Morgan fingerprint density at radius 1 is 1.13 bits per heavy atom. The highest BCUT2D eigenvalue weighted by atomic mass is 35.5. The fraction of sp³-hybridized carbons (Fsp3) is 0.318. The number of aromatic nitrogens is 1.